The van der Waals surface area contributed by atoms with Crippen LogP contribution in [0.1, 0.15) is 18.4 Å². The van der Waals surface area contributed by atoms with E-state index >= 15 is 0 Å². The van der Waals surface area contributed by atoms with Gasteiger partial charge in [0, 0.05) is 11.6 Å². The fourth-order valence-corrected chi connectivity index (χ4v) is 3.13. The number of carbonyl (C=O) groups is 1. The number of phenols is 1. The molecule has 5 heteroatoms. The summed E-state index contributed by atoms with van der Waals surface area (Å²) in [4.78, 5) is 14.7. The first kappa shape index (κ1) is 15.8. The van der Waals surface area contributed by atoms with Gasteiger partial charge in [-0.2, -0.15) is 0 Å². The summed E-state index contributed by atoms with van der Waals surface area (Å²) < 4.78 is 0. The highest BCUT2D eigenvalue weighted by Crippen LogP contribution is 2.28. The summed E-state index contributed by atoms with van der Waals surface area (Å²) in [5, 5.41) is 13.1. The standard InChI is InChI=1S/C18H19ClN2O2/c19-14-8-9-17(22)15(11-14)20-18(23)16-7-4-10-21(16)12-13-5-2-1-3-6-13/h1-3,5-6,8-9,11,16,22H,4,7,10,12H2,(H,20,23). The highest BCUT2D eigenvalue weighted by molar-refractivity contribution is 6.31. The average Bonchev–Trinajstić information content (AvgIpc) is 3.00. The molecule has 2 aromatic rings. The Labute approximate surface area is 140 Å². The van der Waals surface area contributed by atoms with Gasteiger partial charge < -0.3 is 10.4 Å². The first-order valence-electron chi connectivity index (χ1n) is 7.71. The first-order valence-corrected chi connectivity index (χ1v) is 8.08. The van der Waals surface area contributed by atoms with Crippen LogP contribution in [0.2, 0.25) is 5.02 Å². The summed E-state index contributed by atoms with van der Waals surface area (Å²) in [5.74, 6) is -0.0774. The van der Waals surface area contributed by atoms with Crippen LogP contribution in [0.25, 0.3) is 0 Å². The zero-order valence-corrected chi connectivity index (χ0v) is 13.5. The molecule has 1 saturated heterocycles. The number of phenolic OH excluding ortho intramolecular Hbond substituents is 1. The Hall–Kier alpha value is -2.04. The molecule has 0 bridgehead atoms. The number of carbonyl (C=O) groups excluding carboxylic acids is 1. The second-order valence-electron chi connectivity index (χ2n) is 5.76. The van der Waals surface area contributed by atoms with E-state index in [-0.39, 0.29) is 17.7 Å². The molecule has 1 heterocycles. The molecule has 0 aromatic heterocycles. The largest absolute Gasteiger partial charge is 0.506 e. The van der Waals surface area contributed by atoms with Crippen molar-refractivity contribution >= 4 is 23.2 Å². The molecule has 0 radical (unpaired) electrons. The van der Waals surface area contributed by atoms with E-state index in [1.54, 1.807) is 12.1 Å². The zero-order valence-electron chi connectivity index (χ0n) is 12.7. The normalized spacial score (nSPS) is 18.0. The molecular formula is C18H19ClN2O2. The van der Waals surface area contributed by atoms with Crippen LogP contribution in [-0.2, 0) is 11.3 Å². The SMILES string of the molecule is O=C(Nc1cc(Cl)ccc1O)C1CCCN1Cc1ccccc1. The Morgan fingerprint density at radius 2 is 2.04 bits per heavy atom. The maximum atomic E-state index is 12.6. The maximum Gasteiger partial charge on any atom is 0.241 e. The van der Waals surface area contributed by atoms with Crippen molar-refractivity contribution in [3.8, 4) is 5.75 Å². The second-order valence-corrected chi connectivity index (χ2v) is 6.20. The molecule has 1 aliphatic heterocycles. The zero-order chi connectivity index (χ0) is 16.2. The van der Waals surface area contributed by atoms with E-state index < -0.39 is 0 Å². The van der Waals surface area contributed by atoms with Crippen molar-refractivity contribution in [3.05, 3.63) is 59.1 Å². The highest BCUT2D eigenvalue weighted by Gasteiger charge is 2.30. The van der Waals surface area contributed by atoms with Crippen molar-refractivity contribution in [2.24, 2.45) is 0 Å². The van der Waals surface area contributed by atoms with Gasteiger partial charge in [-0.15, -0.1) is 0 Å². The van der Waals surface area contributed by atoms with Crippen LogP contribution >= 0.6 is 11.6 Å². The van der Waals surface area contributed by atoms with E-state index in [0.717, 1.165) is 25.9 Å². The van der Waals surface area contributed by atoms with Crippen LogP contribution in [0.5, 0.6) is 5.75 Å². The van der Waals surface area contributed by atoms with Gasteiger partial charge in [0.1, 0.15) is 5.75 Å². The summed E-state index contributed by atoms with van der Waals surface area (Å²) in [6.07, 6.45) is 1.81. The van der Waals surface area contributed by atoms with Crippen molar-refractivity contribution in [1.82, 2.24) is 4.90 Å². The predicted octanol–water partition coefficient (Wildman–Crippen LogP) is 3.65. The number of rotatable bonds is 4. The van der Waals surface area contributed by atoms with Crippen molar-refractivity contribution in [2.75, 3.05) is 11.9 Å². The topological polar surface area (TPSA) is 52.6 Å². The number of benzene rings is 2. The number of nitrogens with one attached hydrogen (secondary N) is 1. The minimum absolute atomic E-state index is 0.0235. The van der Waals surface area contributed by atoms with Gasteiger partial charge in [-0.3, -0.25) is 9.69 Å². The molecule has 4 nitrogen and oxygen atoms in total. The number of amides is 1. The third-order valence-corrected chi connectivity index (χ3v) is 4.35. The third kappa shape index (κ3) is 3.84. The average molecular weight is 331 g/mol. The highest BCUT2D eigenvalue weighted by atomic mass is 35.5. The van der Waals surface area contributed by atoms with Gasteiger partial charge in [0.05, 0.1) is 11.7 Å². The smallest absolute Gasteiger partial charge is 0.241 e. The number of hydrogen-bond acceptors (Lipinski definition) is 3. The Kier molecular flexibility index (Phi) is 4.84. The van der Waals surface area contributed by atoms with Crippen LogP contribution in [0, 0.1) is 0 Å². The number of hydrogen-bond donors (Lipinski definition) is 2. The van der Waals surface area contributed by atoms with E-state index in [1.807, 2.05) is 18.2 Å². The molecule has 1 atom stereocenters. The van der Waals surface area contributed by atoms with Crippen LogP contribution in [0.4, 0.5) is 5.69 Å². The van der Waals surface area contributed by atoms with E-state index in [9.17, 15) is 9.90 Å². The van der Waals surface area contributed by atoms with Crippen molar-refractivity contribution < 1.29 is 9.90 Å². The Balaban J connectivity index is 1.69. The Bertz CT molecular complexity index is 691. The lowest BCUT2D eigenvalue weighted by atomic mass is 10.1. The van der Waals surface area contributed by atoms with Gasteiger partial charge in [0.25, 0.3) is 0 Å². The molecule has 1 unspecified atom stereocenters. The van der Waals surface area contributed by atoms with Crippen molar-refractivity contribution in [2.45, 2.75) is 25.4 Å². The Morgan fingerprint density at radius 3 is 2.83 bits per heavy atom. The number of halogens is 1. The lowest BCUT2D eigenvalue weighted by Gasteiger charge is -2.24. The van der Waals surface area contributed by atoms with Crippen LogP contribution in [0.3, 0.4) is 0 Å². The molecule has 2 N–H and O–H groups in total. The molecule has 120 valence electrons. The lowest BCUT2D eigenvalue weighted by molar-refractivity contribution is -0.120. The van der Waals surface area contributed by atoms with Crippen molar-refractivity contribution in [3.63, 3.8) is 0 Å². The molecule has 1 fully saturated rings. The molecular weight excluding hydrogens is 312 g/mol. The van der Waals surface area contributed by atoms with Crippen LogP contribution in [-0.4, -0.2) is 28.5 Å². The molecule has 23 heavy (non-hydrogen) atoms. The fraction of sp³-hybridized carbons (Fsp3) is 0.278. The number of aromatic hydroxyl groups is 1. The van der Waals surface area contributed by atoms with Gasteiger partial charge in [0.15, 0.2) is 0 Å². The summed E-state index contributed by atoms with van der Waals surface area (Å²) in [6, 6.07) is 14.6. The minimum Gasteiger partial charge on any atom is -0.506 e. The van der Waals surface area contributed by atoms with Gasteiger partial charge in [-0.25, -0.2) is 0 Å². The van der Waals surface area contributed by atoms with E-state index in [4.69, 9.17) is 11.6 Å². The maximum absolute atomic E-state index is 12.6. The van der Waals surface area contributed by atoms with E-state index in [1.165, 1.54) is 11.6 Å². The Morgan fingerprint density at radius 1 is 1.26 bits per heavy atom. The molecule has 0 spiro atoms. The third-order valence-electron chi connectivity index (χ3n) is 4.11. The minimum atomic E-state index is -0.186. The summed E-state index contributed by atoms with van der Waals surface area (Å²) in [6.45, 7) is 1.65. The lowest BCUT2D eigenvalue weighted by Crippen LogP contribution is -2.39. The first-order chi connectivity index (χ1) is 11.1. The molecule has 3 rings (SSSR count). The molecule has 2 aromatic carbocycles. The number of nitrogens with zero attached hydrogens (tertiary/aromatic N) is 1. The summed E-state index contributed by atoms with van der Waals surface area (Å²) in [5.41, 5.74) is 1.55. The van der Waals surface area contributed by atoms with Gasteiger partial charge in [-0.05, 0) is 43.1 Å². The van der Waals surface area contributed by atoms with Gasteiger partial charge >= 0.3 is 0 Å². The summed E-state index contributed by atoms with van der Waals surface area (Å²) >= 11 is 5.92. The molecule has 0 saturated carbocycles. The monoisotopic (exact) mass is 330 g/mol. The molecule has 1 aliphatic rings. The van der Waals surface area contributed by atoms with E-state index in [2.05, 4.69) is 22.3 Å². The van der Waals surface area contributed by atoms with E-state index in [0.29, 0.717) is 10.7 Å². The quantitative estimate of drug-likeness (QED) is 0.841. The molecule has 1 amide bonds. The predicted molar refractivity (Wildman–Crippen MR) is 91.6 cm³/mol. The van der Waals surface area contributed by atoms with Gasteiger partial charge in [0.2, 0.25) is 5.91 Å². The van der Waals surface area contributed by atoms with Crippen LogP contribution < -0.4 is 5.32 Å². The summed E-state index contributed by atoms with van der Waals surface area (Å²) in [7, 11) is 0. The van der Waals surface area contributed by atoms with Crippen molar-refractivity contribution in [1.29, 1.82) is 0 Å². The fourth-order valence-electron chi connectivity index (χ4n) is 2.95. The number of likely N-dealkylation sites (tertiary alicyclic amines) is 1. The second kappa shape index (κ2) is 7.02. The molecule has 0 aliphatic carbocycles. The van der Waals surface area contributed by atoms with Crippen LogP contribution in [0.15, 0.2) is 48.5 Å². The number of anilines is 1. The van der Waals surface area contributed by atoms with Gasteiger partial charge in [-0.1, -0.05) is 41.9 Å².